The summed E-state index contributed by atoms with van der Waals surface area (Å²) in [5, 5.41) is 0.335. The fourth-order valence-corrected chi connectivity index (χ4v) is 5.39. The Labute approximate surface area is 182 Å². The van der Waals surface area contributed by atoms with Gasteiger partial charge in [0.2, 0.25) is 5.91 Å². The van der Waals surface area contributed by atoms with E-state index in [1.807, 2.05) is 4.72 Å². The third-order valence-electron chi connectivity index (χ3n) is 5.55. The number of sulfonamides is 1. The number of hydrogen-bond acceptors (Lipinski definition) is 5. The maximum Gasteiger partial charge on any atom is 0.416 e. The average molecular weight is 464 g/mol. The van der Waals surface area contributed by atoms with Crippen LogP contribution in [0.25, 0.3) is 10.9 Å². The molecule has 0 spiro atoms. The van der Waals surface area contributed by atoms with Crippen LogP contribution in [0, 0.1) is 6.92 Å². The molecule has 0 saturated carbocycles. The highest BCUT2D eigenvalue weighted by Gasteiger charge is 2.41. The molecule has 0 bridgehead atoms. The summed E-state index contributed by atoms with van der Waals surface area (Å²) in [6, 6.07) is 9.83. The molecule has 1 N–H and O–H groups in total. The highest BCUT2D eigenvalue weighted by atomic mass is 32.2. The van der Waals surface area contributed by atoms with Gasteiger partial charge in [-0.1, -0.05) is 6.07 Å². The third-order valence-corrected chi connectivity index (χ3v) is 6.95. The second kappa shape index (κ2) is 7.77. The summed E-state index contributed by atoms with van der Waals surface area (Å²) < 4.78 is 73.6. The van der Waals surface area contributed by atoms with E-state index in [9.17, 15) is 26.4 Å². The molecule has 1 amide bonds. The lowest BCUT2D eigenvalue weighted by Gasteiger charge is -2.18. The molecule has 168 valence electrons. The predicted octanol–water partition coefficient (Wildman–Crippen LogP) is 4.11. The van der Waals surface area contributed by atoms with Crippen molar-refractivity contribution < 1.29 is 31.1 Å². The van der Waals surface area contributed by atoms with Gasteiger partial charge in [0.1, 0.15) is 5.75 Å². The van der Waals surface area contributed by atoms with Crippen molar-refractivity contribution in [1.29, 1.82) is 0 Å². The van der Waals surface area contributed by atoms with Gasteiger partial charge in [-0.15, -0.1) is 0 Å². The Hall–Kier alpha value is -3.14. The van der Waals surface area contributed by atoms with Gasteiger partial charge in [-0.25, -0.2) is 13.1 Å². The van der Waals surface area contributed by atoms with Crippen LogP contribution in [0.4, 0.5) is 13.2 Å². The molecule has 0 aliphatic heterocycles. The number of benzene rings is 2. The van der Waals surface area contributed by atoms with Crippen molar-refractivity contribution in [2.75, 3.05) is 7.11 Å². The Bertz CT molecular complexity index is 1340. The second-order valence-corrected chi connectivity index (χ2v) is 9.19. The molecule has 1 unspecified atom stereocenters. The number of fused-ring (bicyclic) bond motifs is 2. The number of carbonyl (C=O) groups excluding carboxylic acids is 1. The quantitative estimate of drug-likeness (QED) is 0.628. The number of pyridine rings is 1. The van der Waals surface area contributed by atoms with Crippen LogP contribution in [0.3, 0.4) is 0 Å². The molecule has 3 aromatic rings. The van der Waals surface area contributed by atoms with Gasteiger partial charge in [0.05, 0.1) is 29.0 Å². The van der Waals surface area contributed by atoms with E-state index in [1.54, 1.807) is 25.1 Å². The third kappa shape index (κ3) is 3.79. The SMILES string of the molecule is COc1ccc(C(F)(F)F)c2c1C(C(=O)NS(=O)(=O)c1cccc3nc(C)ccc13)CC2. The standard InChI is InChI=1S/C22H19F3N2O4S/c1-12-6-7-14-17(26-12)4-3-5-19(14)32(29,30)27-21(28)15-9-8-13-16(22(23,24)25)10-11-18(31-2)20(13)15/h3-7,10-11,15H,8-9H2,1-2H3,(H,27,28). The van der Waals surface area contributed by atoms with Crippen molar-refractivity contribution in [3.05, 3.63) is 64.8 Å². The Morgan fingerprint density at radius 2 is 1.91 bits per heavy atom. The van der Waals surface area contributed by atoms with Crippen LogP contribution in [-0.2, 0) is 27.4 Å². The van der Waals surface area contributed by atoms with Crippen molar-refractivity contribution >= 4 is 26.8 Å². The number of aryl methyl sites for hydroxylation is 1. The summed E-state index contributed by atoms with van der Waals surface area (Å²) in [7, 11) is -3.01. The van der Waals surface area contributed by atoms with Crippen LogP contribution in [0.15, 0.2) is 47.4 Å². The van der Waals surface area contributed by atoms with E-state index < -0.39 is 33.6 Å². The zero-order valence-corrected chi connectivity index (χ0v) is 18.0. The maximum atomic E-state index is 13.4. The molecule has 1 aliphatic carbocycles. The van der Waals surface area contributed by atoms with Gasteiger partial charge in [-0.3, -0.25) is 9.78 Å². The van der Waals surface area contributed by atoms with Gasteiger partial charge in [-0.05, 0) is 61.7 Å². The van der Waals surface area contributed by atoms with Crippen molar-refractivity contribution in [2.45, 2.75) is 36.8 Å². The van der Waals surface area contributed by atoms with E-state index in [4.69, 9.17) is 4.74 Å². The number of nitrogens with zero attached hydrogens (tertiary/aromatic N) is 1. The number of ether oxygens (including phenoxy) is 1. The molecule has 0 saturated heterocycles. The molecule has 1 heterocycles. The summed E-state index contributed by atoms with van der Waals surface area (Å²) in [6.07, 6.45) is -4.57. The normalized spacial score (nSPS) is 16.1. The topological polar surface area (TPSA) is 85.4 Å². The Morgan fingerprint density at radius 1 is 1.16 bits per heavy atom. The van der Waals surface area contributed by atoms with Crippen molar-refractivity contribution in [3.63, 3.8) is 0 Å². The van der Waals surface area contributed by atoms with E-state index in [-0.39, 0.29) is 34.6 Å². The molecular weight excluding hydrogens is 445 g/mol. The molecule has 1 atom stereocenters. The molecule has 2 aromatic carbocycles. The Balaban J connectivity index is 1.71. The van der Waals surface area contributed by atoms with Gasteiger partial charge >= 0.3 is 6.18 Å². The first-order valence-electron chi connectivity index (χ1n) is 9.73. The number of rotatable bonds is 4. The first kappa shape index (κ1) is 22.1. The van der Waals surface area contributed by atoms with Gasteiger partial charge in [0.15, 0.2) is 0 Å². The summed E-state index contributed by atoms with van der Waals surface area (Å²) in [4.78, 5) is 17.1. The Kier molecular flexibility index (Phi) is 5.36. The Morgan fingerprint density at radius 3 is 2.59 bits per heavy atom. The van der Waals surface area contributed by atoms with Crippen LogP contribution in [0.1, 0.15) is 34.7 Å². The summed E-state index contributed by atoms with van der Waals surface area (Å²) in [5.74, 6) is -1.88. The molecule has 32 heavy (non-hydrogen) atoms. The number of amides is 1. The lowest BCUT2D eigenvalue weighted by molar-refractivity contribution is -0.138. The molecular formula is C22H19F3N2O4S. The average Bonchev–Trinajstić information content (AvgIpc) is 3.16. The largest absolute Gasteiger partial charge is 0.496 e. The first-order valence-corrected chi connectivity index (χ1v) is 11.2. The molecule has 0 radical (unpaired) electrons. The summed E-state index contributed by atoms with van der Waals surface area (Å²) in [5.41, 5.74) is 0.334. The van der Waals surface area contributed by atoms with E-state index in [1.165, 1.54) is 19.2 Å². The van der Waals surface area contributed by atoms with Gasteiger partial charge < -0.3 is 4.74 Å². The van der Waals surface area contributed by atoms with Crippen LogP contribution in [0.5, 0.6) is 5.75 Å². The minimum atomic E-state index is -4.60. The van der Waals surface area contributed by atoms with Crippen molar-refractivity contribution in [1.82, 2.24) is 9.71 Å². The maximum absolute atomic E-state index is 13.4. The number of nitrogens with one attached hydrogen (secondary N) is 1. The first-order chi connectivity index (χ1) is 15.0. The molecule has 0 fully saturated rings. The van der Waals surface area contributed by atoms with E-state index in [0.717, 1.165) is 12.1 Å². The zero-order chi connectivity index (χ0) is 23.3. The van der Waals surface area contributed by atoms with E-state index in [2.05, 4.69) is 4.98 Å². The van der Waals surface area contributed by atoms with Crippen molar-refractivity contribution in [2.24, 2.45) is 0 Å². The number of alkyl halides is 3. The van der Waals surface area contributed by atoms with E-state index >= 15 is 0 Å². The van der Waals surface area contributed by atoms with Crippen molar-refractivity contribution in [3.8, 4) is 5.75 Å². The molecule has 1 aliphatic rings. The lowest BCUT2D eigenvalue weighted by Crippen LogP contribution is -2.34. The number of hydrogen-bond donors (Lipinski definition) is 1. The summed E-state index contributed by atoms with van der Waals surface area (Å²) in [6.45, 7) is 1.77. The number of halogens is 3. The van der Waals surface area contributed by atoms with E-state index in [0.29, 0.717) is 16.6 Å². The fraction of sp³-hybridized carbons (Fsp3) is 0.273. The highest BCUT2D eigenvalue weighted by molar-refractivity contribution is 7.90. The second-order valence-electron chi connectivity index (χ2n) is 7.54. The fourth-order valence-electron chi connectivity index (χ4n) is 4.15. The predicted molar refractivity (Wildman–Crippen MR) is 111 cm³/mol. The van der Waals surface area contributed by atoms with Crippen LogP contribution in [-0.4, -0.2) is 26.4 Å². The van der Waals surface area contributed by atoms with Gasteiger partial charge in [-0.2, -0.15) is 13.2 Å². The molecule has 6 nitrogen and oxygen atoms in total. The van der Waals surface area contributed by atoms with Crippen LogP contribution < -0.4 is 9.46 Å². The smallest absolute Gasteiger partial charge is 0.416 e. The number of methoxy groups -OCH3 is 1. The zero-order valence-electron chi connectivity index (χ0n) is 17.2. The summed E-state index contributed by atoms with van der Waals surface area (Å²) >= 11 is 0. The minimum Gasteiger partial charge on any atom is -0.496 e. The van der Waals surface area contributed by atoms with Crippen LogP contribution >= 0.6 is 0 Å². The molecule has 1 aromatic heterocycles. The monoisotopic (exact) mass is 464 g/mol. The van der Waals surface area contributed by atoms with Gasteiger partial charge in [0.25, 0.3) is 10.0 Å². The minimum absolute atomic E-state index is 0.0169. The van der Waals surface area contributed by atoms with Gasteiger partial charge in [0, 0.05) is 16.6 Å². The lowest BCUT2D eigenvalue weighted by atomic mass is 9.96. The van der Waals surface area contributed by atoms with Crippen LogP contribution in [0.2, 0.25) is 0 Å². The number of aromatic nitrogens is 1. The molecule has 4 rings (SSSR count). The highest BCUT2D eigenvalue weighted by Crippen LogP contribution is 2.45. The molecule has 10 heteroatoms. The number of carbonyl (C=O) groups is 1.